The molecule has 1 atom stereocenters. The van der Waals surface area contributed by atoms with E-state index in [1.165, 1.54) is 89.9 Å². The summed E-state index contributed by atoms with van der Waals surface area (Å²) >= 11 is 0. The zero-order chi connectivity index (χ0) is 20.2. The number of amides is 1. The summed E-state index contributed by atoms with van der Waals surface area (Å²) < 4.78 is 0. The number of primary amides is 1. The van der Waals surface area contributed by atoms with E-state index in [2.05, 4.69) is 12.2 Å². The molecule has 160 valence electrons. The molecule has 0 spiro atoms. The molecule has 1 amide bonds. The van der Waals surface area contributed by atoms with E-state index in [9.17, 15) is 9.59 Å². The molecule has 5 nitrogen and oxygen atoms in total. The predicted molar refractivity (Wildman–Crippen MR) is 113 cm³/mol. The van der Waals surface area contributed by atoms with Crippen molar-refractivity contribution < 1.29 is 14.7 Å². The van der Waals surface area contributed by atoms with Gasteiger partial charge in [0.15, 0.2) is 0 Å². The van der Waals surface area contributed by atoms with Crippen LogP contribution in [0, 0.1) is 0 Å². The Bertz CT molecular complexity index is 361. The molecule has 0 unspecified atom stereocenters. The molecule has 0 heterocycles. The summed E-state index contributed by atoms with van der Waals surface area (Å²) in [5.74, 6) is -1.59. The average molecular weight is 385 g/mol. The van der Waals surface area contributed by atoms with E-state index < -0.39 is 17.9 Å². The smallest absolute Gasteiger partial charge is 0.321 e. The summed E-state index contributed by atoms with van der Waals surface area (Å²) in [6.45, 7) is 2.89. The number of nitrogens with two attached hydrogens (primary N) is 1. The number of hydrogen-bond donors (Lipinski definition) is 3. The van der Waals surface area contributed by atoms with Gasteiger partial charge in [0.1, 0.15) is 6.04 Å². The van der Waals surface area contributed by atoms with Gasteiger partial charge in [0.2, 0.25) is 5.91 Å². The number of carbonyl (C=O) groups excluding carboxylic acids is 1. The van der Waals surface area contributed by atoms with E-state index in [4.69, 9.17) is 10.8 Å². The first-order valence-electron chi connectivity index (χ1n) is 11.3. The van der Waals surface area contributed by atoms with Crippen molar-refractivity contribution in [2.45, 2.75) is 122 Å². The van der Waals surface area contributed by atoms with Crippen molar-refractivity contribution in [3.8, 4) is 0 Å². The molecule has 0 radical (unpaired) electrons. The molecule has 0 saturated heterocycles. The first-order valence-corrected chi connectivity index (χ1v) is 11.3. The fraction of sp³-hybridized carbons (Fsp3) is 0.909. The molecule has 0 aliphatic carbocycles. The first kappa shape index (κ1) is 25.9. The highest BCUT2D eigenvalue weighted by Gasteiger charge is 2.18. The molecule has 0 aromatic rings. The van der Waals surface area contributed by atoms with Crippen LogP contribution < -0.4 is 11.1 Å². The van der Waals surface area contributed by atoms with Crippen LogP contribution in [0.5, 0.6) is 0 Å². The van der Waals surface area contributed by atoms with Gasteiger partial charge in [-0.3, -0.25) is 9.59 Å². The minimum Gasteiger partial charge on any atom is -0.480 e. The van der Waals surface area contributed by atoms with Crippen LogP contribution in [-0.4, -0.2) is 29.6 Å². The Morgan fingerprint density at radius 3 is 1.44 bits per heavy atom. The topological polar surface area (TPSA) is 92.4 Å². The van der Waals surface area contributed by atoms with Crippen molar-refractivity contribution in [2.24, 2.45) is 5.73 Å². The number of carbonyl (C=O) groups is 2. The molecule has 0 rings (SSSR count). The van der Waals surface area contributed by atoms with Crippen LogP contribution in [0.2, 0.25) is 0 Å². The van der Waals surface area contributed by atoms with E-state index in [0.29, 0.717) is 6.54 Å². The van der Waals surface area contributed by atoms with Gasteiger partial charge in [-0.2, -0.15) is 0 Å². The summed E-state index contributed by atoms with van der Waals surface area (Å²) in [6, 6.07) is -0.848. The van der Waals surface area contributed by atoms with E-state index in [1.807, 2.05) is 0 Å². The lowest BCUT2D eigenvalue weighted by molar-refractivity contribution is -0.141. The van der Waals surface area contributed by atoms with Crippen LogP contribution >= 0.6 is 0 Å². The summed E-state index contributed by atoms with van der Waals surface area (Å²) in [7, 11) is 0. The molecule has 27 heavy (non-hydrogen) atoms. The maximum atomic E-state index is 11.0. The third-order valence-electron chi connectivity index (χ3n) is 5.12. The average Bonchev–Trinajstić information content (AvgIpc) is 2.62. The fourth-order valence-electron chi connectivity index (χ4n) is 3.40. The number of carboxylic acid groups (broad SMARTS) is 1. The third kappa shape index (κ3) is 19.5. The third-order valence-corrected chi connectivity index (χ3v) is 5.12. The molecular formula is C22H44N2O3. The SMILES string of the molecule is CCCCCCCCCCCCCCCCCCN[C@@H](CC(N)=O)C(=O)O. The summed E-state index contributed by atoms with van der Waals surface area (Å²) in [5, 5.41) is 11.9. The van der Waals surface area contributed by atoms with Gasteiger partial charge in [-0.25, -0.2) is 0 Å². The highest BCUT2D eigenvalue weighted by Crippen LogP contribution is 2.13. The van der Waals surface area contributed by atoms with Crippen LogP contribution in [0.15, 0.2) is 0 Å². The summed E-state index contributed by atoms with van der Waals surface area (Å²) in [4.78, 5) is 21.8. The lowest BCUT2D eigenvalue weighted by atomic mass is 10.0. The van der Waals surface area contributed by atoms with Crippen molar-refractivity contribution in [1.29, 1.82) is 0 Å². The van der Waals surface area contributed by atoms with Crippen LogP contribution in [0.25, 0.3) is 0 Å². The fourth-order valence-corrected chi connectivity index (χ4v) is 3.40. The molecule has 0 aromatic heterocycles. The highest BCUT2D eigenvalue weighted by atomic mass is 16.4. The van der Waals surface area contributed by atoms with Gasteiger partial charge in [0, 0.05) is 0 Å². The molecule has 0 fully saturated rings. The van der Waals surface area contributed by atoms with Crippen LogP contribution in [-0.2, 0) is 9.59 Å². The van der Waals surface area contributed by atoms with Gasteiger partial charge >= 0.3 is 5.97 Å². The number of aliphatic carboxylic acids is 1. The van der Waals surface area contributed by atoms with Gasteiger partial charge in [-0.15, -0.1) is 0 Å². The molecule has 0 aromatic carbocycles. The summed E-state index contributed by atoms with van der Waals surface area (Å²) in [5.41, 5.74) is 5.05. The number of unbranched alkanes of at least 4 members (excludes halogenated alkanes) is 15. The summed E-state index contributed by atoms with van der Waals surface area (Å²) in [6.07, 6.45) is 21.0. The Morgan fingerprint density at radius 1 is 0.741 bits per heavy atom. The van der Waals surface area contributed by atoms with Crippen molar-refractivity contribution in [3.63, 3.8) is 0 Å². The van der Waals surface area contributed by atoms with Crippen LogP contribution in [0.3, 0.4) is 0 Å². The second-order valence-corrected chi connectivity index (χ2v) is 7.82. The van der Waals surface area contributed by atoms with Gasteiger partial charge < -0.3 is 16.2 Å². The second kappa shape index (κ2) is 19.7. The lowest BCUT2D eigenvalue weighted by Gasteiger charge is -2.12. The maximum Gasteiger partial charge on any atom is 0.321 e. The highest BCUT2D eigenvalue weighted by molar-refractivity contribution is 5.83. The molecule has 5 heteroatoms. The van der Waals surface area contributed by atoms with Gasteiger partial charge in [-0.1, -0.05) is 103 Å². The zero-order valence-electron chi connectivity index (χ0n) is 17.6. The van der Waals surface area contributed by atoms with Crippen molar-refractivity contribution in [3.05, 3.63) is 0 Å². The van der Waals surface area contributed by atoms with E-state index in [-0.39, 0.29) is 6.42 Å². The number of nitrogens with one attached hydrogen (secondary N) is 1. The Kier molecular flexibility index (Phi) is 18.9. The normalized spacial score (nSPS) is 12.2. The Hall–Kier alpha value is -1.10. The van der Waals surface area contributed by atoms with Crippen LogP contribution in [0.4, 0.5) is 0 Å². The minimum absolute atomic E-state index is 0.145. The minimum atomic E-state index is -1.01. The standard InChI is InChI=1S/C22H44N2O3/c1-2-3-4-5-6-7-8-9-10-11-12-13-14-15-16-17-18-24-20(22(26)27)19-21(23)25/h20,24H,2-19H2,1H3,(H2,23,25)(H,26,27)/t20-/m0/s1. The Labute approximate surface area is 166 Å². The number of carboxylic acids is 1. The second-order valence-electron chi connectivity index (χ2n) is 7.82. The van der Waals surface area contributed by atoms with E-state index >= 15 is 0 Å². The lowest BCUT2D eigenvalue weighted by Crippen LogP contribution is -2.40. The van der Waals surface area contributed by atoms with Crippen LogP contribution in [0.1, 0.15) is 116 Å². The maximum absolute atomic E-state index is 11.0. The van der Waals surface area contributed by atoms with Crippen molar-refractivity contribution >= 4 is 11.9 Å². The molecule has 0 aliphatic rings. The van der Waals surface area contributed by atoms with Gasteiger partial charge in [0.05, 0.1) is 6.42 Å². The van der Waals surface area contributed by atoms with Gasteiger partial charge in [-0.05, 0) is 13.0 Å². The number of hydrogen-bond acceptors (Lipinski definition) is 3. The predicted octanol–water partition coefficient (Wildman–Crippen LogP) is 5.17. The number of rotatable bonds is 21. The monoisotopic (exact) mass is 384 g/mol. The largest absolute Gasteiger partial charge is 0.480 e. The quantitative estimate of drug-likeness (QED) is 0.238. The molecule has 0 saturated carbocycles. The molecule has 4 N–H and O–H groups in total. The first-order chi connectivity index (χ1) is 13.1. The van der Waals surface area contributed by atoms with E-state index in [1.54, 1.807) is 0 Å². The molecule has 0 aliphatic heterocycles. The zero-order valence-corrected chi connectivity index (χ0v) is 17.6. The Balaban J connectivity index is 3.24. The van der Waals surface area contributed by atoms with E-state index in [0.717, 1.165) is 12.8 Å². The van der Waals surface area contributed by atoms with Gasteiger partial charge in [0.25, 0.3) is 0 Å². The Morgan fingerprint density at radius 2 is 1.11 bits per heavy atom. The van der Waals surface area contributed by atoms with Crippen molar-refractivity contribution in [1.82, 2.24) is 5.32 Å². The molecular weight excluding hydrogens is 340 g/mol. The molecule has 0 bridgehead atoms. The van der Waals surface area contributed by atoms with Crippen molar-refractivity contribution in [2.75, 3.05) is 6.54 Å².